The third kappa shape index (κ3) is 5.67. The first-order valence-electron chi connectivity index (χ1n) is 11.8. The lowest BCUT2D eigenvalue weighted by molar-refractivity contribution is -0.156. The zero-order valence-electron chi connectivity index (χ0n) is 19.8. The maximum atomic E-state index is 12.1. The Morgan fingerprint density at radius 2 is 1.44 bits per heavy atom. The highest BCUT2D eigenvalue weighted by Crippen LogP contribution is 2.35. The molecule has 0 amide bonds. The fraction of sp³-hybridized carbons (Fsp3) is 0.276. The van der Waals surface area contributed by atoms with Gasteiger partial charge in [-0.25, -0.2) is 4.79 Å². The molecule has 5 nitrogen and oxygen atoms in total. The van der Waals surface area contributed by atoms with Gasteiger partial charge in [0.05, 0.1) is 13.2 Å². The van der Waals surface area contributed by atoms with Crippen LogP contribution in [0.15, 0.2) is 72.8 Å². The van der Waals surface area contributed by atoms with Gasteiger partial charge in [0.1, 0.15) is 12.4 Å². The van der Waals surface area contributed by atoms with E-state index < -0.39 is 6.10 Å². The number of benzene rings is 3. The normalized spacial score (nSPS) is 12.9. The van der Waals surface area contributed by atoms with Crippen molar-refractivity contribution in [2.24, 2.45) is 0 Å². The summed E-state index contributed by atoms with van der Waals surface area (Å²) in [5.41, 5.74) is 5.72. The summed E-state index contributed by atoms with van der Waals surface area (Å²) in [6.07, 6.45) is 4.22. The van der Waals surface area contributed by atoms with Crippen LogP contribution in [0, 0.1) is 0 Å². The molecule has 5 heteroatoms. The van der Waals surface area contributed by atoms with Crippen LogP contribution in [0.3, 0.4) is 0 Å². The quantitative estimate of drug-likeness (QED) is 0.355. The van der Waals surface area contributed by atoms with Crippen molar-refractivity contribution in [3.8, 4) is 5.75 Å². The molecule has 0 aromatic heterocycles. The number of esters is 1. The van der Waals surface area contributed by atoms with E-state index in [4.69, 9.17) is 14.2 Å². The standard InChI is InChI=1S/C29H31NO4/c1-3-32-28(29(31)33-4-2)21-22-13-17-25(18-14-22)34-20-19-30-26-11-7-5-9-23(26)15-16-24-10-6-8-12-27(24)30/h5-18,28H,3-4,19-21H2,1-2H3. The van der Waals surface area contributed by atoms with Crippen LogP contribution < -0.4 is 9.64 Å². The molecule has 0 aliphatic carbocycles. The molecule has 1 atom stereocenters. The Bertz CT molecular complexity index is 1070. The summed E-state index contributed by atoms with van der Waals surface area (Å²) in [4.78, 5) is 14.4. The molecule has 1 aliphatic heterocycles. The molecule has 1 unspecified atom stereocenters. The van der Waals surface area contributed by atoms with Crippen LogP contribution in [-0.2, 0) is 20.7 Å². The van der Waals surface area contributed by atoms with Gasteiger partial charge in [-0.2, -0.15) is 0 Å². The Morgan fingerprint density at radius 1 is 0.824 bits per heavy atom. The maximum Gasteiger partial charge on any atom is 0.335 e. The van der Waals surface area contributed by atoms with E-state index in [1.54, 1.807) is 6.92 Å². The van der Waals surface area contributed by atoms with Crippen molar-refractivity contribution >= 4 is 29.5 Å². The maximum absolute atomic E-state index is 12.1. The second-order valence-corrected chi connectivity index (χ2v) is 8.00. The van der Waals surface area contributed by atoms with E-state index in [1.165, 1.54) is 22.5 Å². The van der Waals surface area contributed by atoms with Crippen LogP contribution in [-0.4, -0.2) is 38.4 Å². The van der Waals surface area contributed by atoms with Crippen LogP contribution in [0.5, 0.6) is 5.75 Å². The van der Waals surface area contributed by atoms with Gasteiger partial charge in [-0.05, 0) is 54.8 Å². The van der Waals surface area contributed by atoms with Gasteiger partial charge in [0.2, 0.25) is 0 Å². The average Bonchev–Trinajstić information content (AvgIpc) is 3.02. The summed E-state index contributed by atoms with van der Waals surface area (Å²) in [7, 11) is 0. The first kappa shape index (κ1) is 23.6. The molecule has 3 aromatic rings. The molecular weight excluding hydrogens is 426 g/mol. The lowest BCUT2D eigenvalue weighted by Gasteiger charge is -2.27. The summed E-state index contributed by atoms with van der Waals surface area (Å²) >= 11 is 0. The minimum absolute atomic E-state index is 0.322. The molecule has 0 spiro atoms. The molecule has 0 N–H and O–H groups in total. The molecule has 34 heavy (non-hydrogen) atoms. The highest BCUT2D eigenvalue weighted by molar-refractivity contribution is 5.88. The first-order valence-corrected chi connectivity index (χ1v) is 11.8. The van der Waals surface area contributed by atoms with Crippen molar-refractivity contribution in [1.29, 1.82) is 0 Å². The largest absolute Gasteiger partial charge is 0.492 e. The number of hydrogen-bond acceptors (Lipinski definition) is 5. The van der Waals surface area contributed by atoms with Crippen LogP contribution in [0.4, 0.5) is 11.4 Å². The molecule has 0 saturated carbocycles. The molecular formula is C29H31NO4. The Labute approximate surface area is 201 Å². The Kier molecular flexibility index (Phi) is 7.99. The predicted octanol–water partition coefficient (Wildman–Crippen LogP) is 5.90. The van der Waals surface area contributed by atoms with Crippen LogP contribution in [0.2, 0.25) is 0 Å². The minimum Gasteiger partial charge on any atom is -0.492 e. The van der Waals surface area contributed by atoms with Gasteiger partial charge < -0.3 is 19.1 Å². The Balaban J connectivity index is 1.40. The summed E-state index contributed by atoms with van der Waals surface area (Å²) in [6.45, 7) is 5.73. The van der Waals surface area contributed by atoms with Gasteiger partial charge in [0.25, 0.3) is 0 Å². The van der Waals surface area contributed by atoms with Crippen LogP contribution in [0.25, 0.3) is 12.2 Å². The van der Waals surface area contributed by atoms with Gasteiger partial charge >= 0.3 is 5.97 Å². The number of ether oxygens (including phenoxy) is 3. The summed E-state index contributed by atoms with van der Waals surface area (Å²) in [5.74, 6) is 0.472. The fourth-order valence-corrected chi connectivity index (χ4v) is 4.14. The van der Waals surface area contributed by atoms with Gasteiger partial charge in [0, 0.05) is 24.4 Å². The highest BCUT2D eigenvalue weighted by Gasteiger charge is 2.21. The van der Waals surface area contributed by atoms with Crippen molar-refractivity contribution < 1.29 is 19.0 Å². The predicted molar refractivity (Wildman–Crippen MR) is 137 cm³/mol. The van der Waals surface area contributed by atoms with E-state index >= 15 is 0 Å². The molecule has 3 aromatic carbocycles. The third-order valence-electron chi connectivity index (χ3n) is 5.74. The first-order chi connectivity index (χ1) is 16.7. The van der Waals surface area contributed by atoms with E-state index in [9.17, 15) is 4.79 Å². The second-order valence-electron chi connectivity index (χ2n) is 8.00. The van der Waals surface area contributed by atoms with E-state index in [0.717, 1.165) is 11.3 Å². The number of nitrogens with zero attached hydrogens (tertiary/aromatic N) is 1. The number of carbonyl (C=O) groups is 1. The molecule has 1 aliphatic rings. The molecule has 0 fully saturated rings. The third-order valence-corrected chi connectivity index (χ3v) is 5.74. The Hall–Kier alpha value is -3.57. The van der Waals surface area contributed by atoms with E-state index in [1.807, 2.05) is 31.2 Å². The average molecular weight is 458 g/mol. The molecule has 0 bridgehead atoms. The highest BCUT2D eigenvalue weighted by atomic mass is 16.6. The van der Waals surface area contributed by atoms with Crippen molar-refractivity contribution in [2.75, 3.05) is 31.3 Å². The van der Waals surface area contributed by atoms with Crippen LogP contribution >= 0.6 is 0 Å². The SMILES string of the molecule is CCOC(=O)C(Cc1ccc(OCCN2c3ccccc3C=Cc3ccccc32)cc1)OCC. The smallest absolute Gasteiger partial charge is 0.335 e. The van der Waals surface area contributed by atoms with E-state index in [-0.39, 0.29) is 5.97 Å². The topological polar surface area (TPSA) is 48.0 Å². The number of fused-ring (bicyclic) bond motifs is 2. The van der Waals surface area contributed by atoms with Crippen molar-refractivity contribution in [3.05, 3.63) is 89.5 Å². The van der Waals surface area contributed by atoms with Gasteiger partial charge in [0.15, 0.2) is 6.10 Å². The monoisotopic (exact) mass is 457 g/mol. The summed E-state index contributed by atoms with van der Waals surface area (Å²) in [6, 6.07) is 24.7. The number of rotatable bonds is 10. The molecule has 0 saturated heterocycles. The number of para-hydroxylation sites is 2. The molecule has 1 heterocycles. The second kappa shape index (κ2) is 11.5. The summed E-state index contributed by atoms with van der Waals surface area (Å²) in [5, 5.41) is 0. The summed E-state index contributed by atoms with van der Waals surface area (Å²) < 4.78 is 16.8. The molecule has 0 radical (unpaired) electrons. The van der Waals surface area contributed by atoms with Gasteiger partial charge in [-0.1, -0.05) is 60.7 Å². The van der Waals surface area contributed by atoms with E-state index in [0.29, 0.717) is 32.8 Å². The zero-order chi connectivity index (χ0) is 23.8. The fourth-order valence-electron chi connectivity index (χ4n) is 4.14. The van der Waals surface area contributed by atoms with Crippen molar-refractivity contribution in [3.63, 3.8) is 0 Å². The minimum atomic E-state index is -0.589. The van der Waals surface area contributed by atoms with Crippen LogP contribution in [0.1, 0.15) is 30.5 Å². The Morgan fingerprint density at radius 3 is 2.03 bits per heavy atom. The molecule has 176 valence electrons. The van der Waals surface area contributed by atoms with Crippen molar-refractivity contribution in [2.45, 2.75) is 26.4 Å². The van der Waals surface area contributed by atoms with Gasteiger partial charge in [-0.15, -0.1) is 0 Å². The van der Waals surface area contributed by atoms with E-state index in [2.05, 4.69) is 65.6 Å². The lowest BCUT2D eigenvalue weighted by Crippen LogP contribution is -2.29. The van der Waals surface area contributed by atoms with Crippen molar-refractivity contribution in [1.82, 2.24) is 0 Å². The lowest BCUT2D eigenvalue weighted by atomic mass is 10.1. The number of hydrogen-bond donors (Lipinski definition) is 0. The molecule has 4 rings (SSSR count). The van der Waals surface area contributed by atoms with Gasteiger partial charge in [-0.3, -0.25) is 0 Å². The zero-order valence-corrected chi connectivity index (χ0v) is 19.8. The number of carbonyl (C=O) groups excluding carboxylic acids is 1. The number of anilines is 2.